The quantitative estimate of drug-likeness (QED) is 0.542. The molecule has 0 aromatic carbocycles. The number of anilines is 1. The summed E-state index contributed by atoms with van der Waals surface area (Å²) in [6.07, 6.45) is 8.47. The van der Waals surface area contributed by atoms with Crippen LogP contribution in [0, 0.1) is 28.6 Å². The van der Waals surface area contributed by atoms with Gasteiger partial charge in [0.2, 0.25) is 0 Å². The van der Waals surface area contributed by atoms with Gasteiger partial charge in [-0.05, 0) is 18.9 Å². The van der Waals surface area contributed by atoms with Crippen LogP contribution < -0.4 is 5.73 Å². The summed E-state index contributed by atoms with van der Waals surface area (Å²) in [6.45, 7) is 0. The summed E-state index contributed by atoms with van der Waals surface area (Å²) in [5.41, 5.74) is 9.00. The van der Waals surface area contributed by atoms with Gasteiger partial charge in [0.25, 0.3) is 0 Å². The Morgan fingerprint density at radius 1 is 1.23 bits per heavy atom. The van der Waals surface area contributed by atoms with E-state index in [4.69, 9.17) is 10.7 Å². The molecular formula is C19H17N11. The van der Waals surface area contributed by atoms with Gasteiger partial charge in [-0.15, -0.1) is 5.10 Å². The van der Waals surface area contributed by atoms with Crippen molar-refractivity contribution in [2.75, 3.05) is 5.73 Å². The Balaban J connectivity index is 1.64. The zero-order valence-corrected chi connectivity index (χ0v) is 16.1. The standard InChI is InChI=1S/C19H17N11/c1-28-10-15(25-27-28)14-11-29-16(2-5-23-29)17(24-14)13-9-30(26-18(13)22)19(3-4-20)6-12(7-19)8-21/h2,5,9-12H,3,6-7H2,1H3,(H2,22,26)/t12-,19-. The third kappa shape index (κ3) is 2.60. The molecule has 0 amide bonds. The molecule has 5 rings (SSSR count). The number of nitriles is 2. The first-order valence-electron chi connectivity index (χ1n) is 9.36. The zero-order valence-electron chi connectivity index (χ0n) is 16.1. The van der Waals surface area contributed by atoms with Crippen LogP contribution in [0.4, 0.5) is 5.82 Å². The number of hydrogen-bond donors (Lipinski definition) is 1. The Labute approximate surface area is 171 Å². The van der Waals surface area contributed by atoms with Crippen molar-refractivity contribution in [3.8, 4) is 34.8 Å². The van der Waals surface area contributed by atoms with Crippen molar-refractivity contribution < 1.29 is 0 Å². The molecule has 4 aromatic rings. The van der Waals surface area contributed by atoms with Gasteiger partial charge in [0, 0.05) is 13.2 Å². The molecule has 30 heavy (non-hydrogen) atoms. The third-order valence-corrected chi connectivity index (χ3v) is 5.58. The molecule has 148 valence electrons. The van der Waals surface area contributed by atoms with E-state index in [0.29, 0.717) is 41.3 Å². The monoisotopic (exact) mass is 399 g/mol. The highest BCUT2D eigenvalue weighted by atomic mass is 15.4. The van der Waals surface area contributed by atoms with E-state index in [9.17, 15) is 10.5 Å². The second kappa shape index (κ2) is 6.39. The minimum Gasteiger partial charge on any atom is -0.382 e. The Bertz CT molecular complexity index is 1340. The summed E-state index contributed by atoms with van der Waals surface area (Å²) in [7, 11) is 1.79. The van der Waals surface area contributed by atoms with E-state index in [0.717, 1.165) is 5.52 Å². The van der Waals surface area contributed by atoms with Crippen LogP contribution in [0.5, 0.6) is 0 Å². The van der Waals surface area contributed by atoms with Crippen LogP contribution in [-0.4, -0.2) is 39.4 Å². The Kier molecular flexibility index (Phi) is 3.79. The number of aryl methyl sites for hydroxylation is 1. The molecule has 1 saturated carbocycles. The maximum absolute atomic E-state index is 9.31. The lowest BCUT2D eigenvalue weighted by molar-refractivity contribution is 0.0885. The second-order valence-corrected chi connectivity index (χ2v) is 7.58. The van der Waals surface area contributed by atoms with Crippen molar-refractivity contribution in [3.63, 3.8) is 0 Å². The fraction of sp³-hybridized carbons (Fsp3) is 0.316. The first kappa shape index (κ1) is 17.8. The molecule has 0 radical (unpaired) electrons. The molecule has 0 atom stereocenters. The Hall–Kier alpha value is -4.25. The molecule has 4 aromatic heterocycles. The van der Waals surface area contributed by atoms with Crippen molar-refractivity contribution >= 4 is 11.3 Å². The molecule has 0 unspecified atom stereocenters. The molecule has 0 bridgehead atoms. The van der Waals surface area contributed by atoms with E-state index in [-0.39, 0.29) is 12.3 Å². The molecule has 11 heteroatoms. The van der Waals surface area contributed by atoms with Gasteiger partial charge in [0.1, 0.15) is 17.1 Å². The first-order valence-corrected chi connectivity index (χ1v) is 9.36. The van der Waals surface area contributed by atoms with Crippen LogP contribution in [0.3, 0.4) is 0 Å². The highest BCUT2D eigenvalue weighted by molar-refractivity contribution is 5.83. The normalized spacial score (nSPS) is 20.6. The zero-order chi connectivity index (χ0) is 20.9. The predicted molar refractivity (Wildman–Crippen MR) is 105 cm³/mol. The molecule has 4 heterocycles. The van der Waals surface area contributed by atoms with Crippen molar-refractivity contribution in [1.29, 1.82) is 10.5 Å². The van der Waals surface area contributed by atoms with Gasteiger partial charge >= 0.3 is 0 Å². The summed E-state index contributed by atoms with van der Waals surface area (Å²) in [6, 6.07) is 6.33. The molecule has 1 fully saturated rings. The van der Waals surface area contributed by atoms with Gasteiger partial charge in [0.15, 0.2) is 5.82 Å². The topological polar surface area (TPSA) is 152 Å². The number of rotatable bonds is 4. The van der Waals surface area contributed by atoms with E-state index >= 15 is 0 Å². The van der Waals surface area contributed by atoms with E-state index in [1.165, 1.54) is 0 Å². The molecule has 1 aliphatic rings. The fourth-order valence-corrected chi connectivity index (χ4v) is 4.03. The largest absolute Gasteiger partial charge is 0.382 e. The smallest absolute Gasteiger partial charge is 0.155 e. The lowest BCUT2D eigenvalue weighted by Crippen LogP contribution is -2.46. The van der Waals surface area contributed by atoms with Crippen LogP contribution in [0.2, 0.25) is 0 Å². The maximum Gasteiger partial charge on any atom is 0.155 e. The third-order valence-electron chi connectivity index (χ3n) is 5.58. The van der Waals surface area contributed by atoms with Gasteiger partial charge in [-0.25, -0.2) is 9.50 Å². The van der Waals surface area contributed by atoms with Crippen molar-refractivity contribution in [2.45, 2.75) is 24.8 Å². The van der Waals surface area contributed by atoms with E-state index in [1.807, 2.05) is 12.3 Å². The summed E-state index contributed by atoms with van der Waals surface area (Å²) in [4.78, 5) is 4.78. The van der Waals surface area contributed by atoms with Gasteiger partial charge in [-0.2, -0.15) is 20.7 Å². The van der Waals surface area contributed by atoms with Gasteiger partial charge < -0.3 is 5.73 Å². The number of hydrogen-bond acceptors (Lipinski definition) is 8. The maximum atomic E-state index is 9.31. The lowest BCUT2D eigenvalue weighted by atomic mass is 9.67. The van der Waals surface area contributed by atoms with Crippen LogP contribution in [0.25, 0.3) is 28.2 Å². The van der Waals surface area contributed by atoms with Crippen LogP contribution in [0.15, 0.2) is 30.9 Å². The van der Waals surface area contributed by atoms with Gasteiger partial charge in [-0.3, -0.25) is 9.36 Å². The molecule has 2 N–H and O–H groups in total. The van der Waals surface area contributed by atoms with Crippen LogP contribution >= 0.6 is 0 Å². The average Bonchev–Trinajstić information content (AvgIpc) is 3.43. The summed E-state index contributed by atoms with van der Waals surface area (Å²) < 4.78 is 5.05. The highest BCUT2D eigenvalue weighted by Crippen LogP contribution is 2.47. The van der Waals surface area contributed by atoms with Crippen molar-refractivity contribution in [1.82, 2.24) is 39.4 Å². The molecule has 11 nitrogen and oxygen atoms in total. The Morgan fingerprint density at radius 2 is 2.07 bits per heavy atom. The fourth-order valence-electron chi connectivity index (χ4n) is 4.03. The van der Waals surface area contributed by atoms with Gasteiger partial charge in [0.05, 0.1) is 59.7 Å². The molecular weight excluding hydrogens is 382 g/mol. The van der Waals surface area contributed by atoms with E-state index < -0.39 is 5.54 Å². The van der Waals surface area contributed by atoms with Crippen molar-refractivity contribution in [2.24, 2.45) is 13.0 Å². The minimum absolute atomic E-state index is 0.0770. The summed E-state index contributed by atoms with van der Waals surface area (Å²) in [5, 5.41) is 35.4. The highest BCUT2D eigenvalue weighted by Gasteiger charge is 2.47. The van der Waals surface area contributed by atoms with Gasteiger partial charge in [-0.1, -0.05) is 5.21 Å². The van der Waals surface area contributed by atoms with Crippen LogP contribution in [0.1, 0.15) is 19.3 Å². The van der Waals surface area contributed by atoms with E-state index in [2.05, 4.69) is 32.6 Å². The van der Waals surface area contributed by atoms with Crippen molar-refractivity contribution in [3.05, 3.63) is 30.9 Å². The lowest BCUT2D eigenvalue weighted by Gasteiger charge is -2.43. The van der Waals surface area contributed by atoms with E-state index in [1.54, 1.807) is 39.5 Å². The number of fused-ring (bicyclic) bond motifs is 1. The number of nitrogens with zero attached hydrogens (tertiary/aromatic N) is 10. The summed E-state index contributed by atoms with van der Waals surface area (Å²) in [5.74, 6) is 0.228. The average molecular weight is 399 g/mol. The molecule has 1 aliphatic carbocycles. The molecule has 0 saturated heterocycles. The van der Waals surface area contributed by atoms with Crippen LogP contribution in [-0.2, 0) is 12.6 Å². The minimum atomic E-state index is -0.513. The predicted octanol–water partition coefficient (Wildman–Crippen LogP) is 1.51. The SMILES string of the molecule is Cn1cc(-c2cn3nccc3c(-c3cn([C@]4(CC#N)C[C@@H](C#N)C4)nc3N)n2)nn1. The molecule has 0 spiro atoms. The number of aromatic nitrogens is 8. The first-order chi connectivity index (χ1) is 14.5. The Morgan fingerprint density at radius 3 is 2.77 bits per heavy atom. The number of nitrogens with two attached hydrogens (primary N) is 1. The number of nitrogen functional groups attached to an aromatic ring is 1. The summed E-state index contributed by atoms with van der Waals surface area (Å²) >= 11 is 0. The molecule has 0 aliphatic heterocycles. The second-order valence-electron chi connectivity index (χ2n) is 7.58.